The third-order valence-electron chi connectivity index (χ3n) is 8.82. The van der Waals surface area contributed by atoms with E-state index in [1.807, 2.05) is 41.5 Å². The molecular weight excluding hydrogens is 923 g/mol. The lowest BCUT2D eigenvalue weighted by molar-refractivity contribution is -0.917. The molecule has 1 rings (SSSR count). The zero-order valence-electron chi connectivity index (χ0n) is 36.7. The molecule has 370 valence electrons. The van der Waals surface area contributed by atoms with Gasteiger partial charge in [0, 0.05) is 77.7 Å². The van der Waals surface area contributed by atoms with Gasteiger partial charge in [-0.2, -0.15) is 26.3 Å². The number of carbonyl (C=O) groups excluding carboxylic acids is 2. The van der Waals surface area contributed by atoms with Crippen LogP contribution in [0.3, 0.4) is 0 Å². The number of sulfonamides is 2. The SMILES string of the molecule is CCO[Si](CCCNCCC(=O)OCC[N+]1(CCOC(=O)CCNCCC[Si](OCC)(OCC)OCC)CCCC1)(OCC)OCC.O=S(=O)([N-]S(=O)(=O)C(F)(F)F)C(F)(F)F. The molecule has 2 N–H and O–H groups in total. The van der Waals surface area contributed by atoms with Gasteiger partial charge in [-0.25, -0.2) is 16.8 Å². The first-order chi connectivity index (χ1) is 29.0. The number of carbonyl (C=O) groups is 2. The Morgan fingerprint density at radius 1 is 0.565 bits per heavy atom. The average molecular weight is 991 g/mol. The van der Waals surface area contributed by atoms with Crippen molar-refractivity contribution in [2.24, 2.45) is 0 Å². The van der Waals surface area contributed by atoms with E-state index >= 15 is 0 Å². The Balaban J connectivity index is 0.00000209. The summed E-state index contributed by atoms with van der Waals surface area (Å²) in [6.07, 6.45) is 4.62. The highest BCUT2D eigenvalue weighted by Crippen LogP contribution is 2.36. The Bertz CT molecular complexity index is 1330. The standard InChI is InChI=1S/C32H68N3O10Si2.C2F6NO4S2/c1-7-40-46(41-8-2,42-9-3)29-15-19-33-21-17-31(36)38-27-25-35(23-13-14-24-35)26-28-39-32(37)18-22-34-20-16-30-47(43-10-4,44-11-5)45-12-6;3-1(4,5)14(10,11)9-15(12,13)2(6,7)8/h33-34H,7-30H2,1-6H3;/q+1;-1. The molecule has 1 aliphatic rings. The van der Waals surface area contributed by atoms with Gasteiger partial charge in [-0.1, -0.05) is 0 Å². The van der Waals surface area contributed by atoms with Gasteiger partial charge in [0.05, 0.1) is 25.9 Å². The molecule has 18 nitrogen and oxygen atoms in total. The largest absolute Gasteiger partial charge is 0.500 e. The zero-order valence-corrected chi connectivity index (χ0v) is 40.3. The van der Waals surface area contributed by atoms with Crippen molar-refractivity contribution >= 4 is 49.6 Å². The van der Waals surface area contributed by atoms with Crippen LogP contribution in [0.25, 0.3) is 4.13 Å². The van der Waals surface area contributed by atoms with Crippen molar-refractivity contribution in [1.82, 2.24) is 10.6 Å². The quantitative estimate of drug-likeness (QED) is 0.0297. The number of hydrogen-bond donors (Lipinski definition) is 2. The van der Waals surface area contributed by atoms with Gasteiger partial charge in [0.25, 0.3) is 0 Å². The molecule has 1 fully saturated rings. The molecule has 0 spiro atoms. The van der Waals surface area contributed by atoms with Crippen molar-refractivity contribution in [2.45, 2.75) is 103 Å². The average Bonchev–Trinajstić information content (AvgIpc) is 3.62. The molecule has 28 heteroatoms. The molecule has 0 saturated carbocycles. The van der Waals surface area contributed by atoms with Crippen LogP contribution in [0.4, 0.5) is 26.3 Å². The summed E-state index contributed by atoms with van der Waals surface area (Å²) in [4.78, 5) is 24.7. The maximum atomic E-state index is 12.4. The first-order valence-electron chi connectivity index (χ1n) is 20.8. The summed E-state index contributed by atoms with van der Waals surface area (Å²) in [5, 5.41) is 6.64. The van der Waals surface area contributed by atoms with E-state index in [1.54, 1.807) is 0 Å². The van der Waals surface area contributed by atoms with Crippen molar-refractivity contribution < 1.29 is 93.3 Å². The van der Waals surface area contributed by atoms with Gasteiger partial charge in [-0.15, -0.1) is 0 Å². The van der Waals surface area contributed by atoms with Crippen LogP contribution in [0.1, 0.15) is 80.1 Å². The molecule has 0 aromatic carbocycles. The number of esters is 2. The van der Waals surface area contributed by atoms with Gasteiger partial charge in [-0.05, 0) is 67.5 Å². The van der Waals surface area contributed by atoms with Crippen LogP contribution in [-0.4, -0.2) is 167 Å². The van der Waals surface area contributed by atoms with Crippen molar-refractivity contribution in [3.8, 4) is 0 Å². The van der Waals surface area contributed by atoms with Crippen molar-refractivity contribution in [3.63, 3.8) is 0 Å². The number of rotatable bonds is 34. The lowest BCUT2D eigenvalue weighted by Gasteiger charge is -2.33. The van der Waals surface area contributed by atoms with Crippen LogP contribution in [0.2, 0.25) is 12.1 Å². The van der Waals surface area contributed by atoms with Crippen LogP contribution in [0, 0.1) is 0 Å². The Labute approximate surface area is 365 Å². The molecule has 0 bridgehead atoms. The van der Waals surface area contributed by atoms with E-state index in [1.165, 1.54) is 0 Å². The fourth-order valence-electron chi connectivity index (χ4n) is 6.12. The van der Waals surface area contributed by atoms with Gasteiger partial charge < -0.3 is 55.3 Å². The Morgan fingerprint density at radius 3 is 1.15 bits per heavy atom. The highest BCUT2D eigenvalue weighted by Gasteiger charge is 2.47. The Hall–Kier alpha value is -1.55. The number of nitrogens with zero attached hydrogens (tertiary/aromatic N) is 2. The van der Waals surface area contributed by atoms with Crippen LogP contribution >= 0.6 is 0 Å². The maximum Gasteiger partial charge on any atom is 0.500 e. The first-order valence-corrected chi connectivity index (χ1v) is 27.5. The lowest BCUT2D eigenvalue weighted by Crippen LogP contribution is -2.50. The minimum atomic E-state index is -6.72. The maximum absolute atomic E-state index is 12.4. The fourth-order valence-corrected chi connectivity index (χ4v) is 13.1. The first kappa shape index (κ1) is 60.5. The van der Waals surface area contributed by atoms with Crippen molar-refractivity contribution in [2.75, 3.05) is 105 Å². The second kappa shape index (κ2) is 30.6. The number of quaternary nitrogens is 1. The molecule has 0 aromatic rings. The molecule has 0 amide bonds. The molecule has 0 radical (unpaired) electrons. The van der Waals surface area contributed by atoms with Gasteiger partial charge in [-0.3, -0.25) is 9.59 Å². The number of halogens is 6. The van der Waals surface area contributed by atoms with E-state index in [-0.39, 0.29) is 11.9 Å². The Morgan fingerprint density at radius 2 is 0.871 bits per heavy atom. The van der Waals surface area contributed by atoms with E-state index in [4.69, 9.17) is 36.0 Å². The lowest BCUT2D eigenvalue weighted by atomic mass is 10.3. The van der Waals surface area contributed by atoms with E-state index < -0.39 is 48.7 Å². The van der Waals surface area contributed by atoms with Gasteiger partial charge in [0.2, 0.25) is 0 Å². The van der Waals surface area contributed by atoms with E-state index in [2.05, 4.69) is 10.6 Å². The van der Waals surface area contributed by atoms with Gasteiger partial charge >= 0.3 is 40.6 Å². The molecular formula is C34H68F6N4O14S2Si2. The second-order valence-electron chi connectivity index (χ2n) is 13.5. The molecule has 1 saturated heterocycles. The normalized spacial score (nSPS) is 15.0. The monoisotopic (exact) mass is 990 g/mol. The summed E-state index contributed by atoms with van der Waals surface area (Å²) in [7, 11) is -18.7. The topological polar surface area (TPSA) is 214 Å². The summed E-state index contributed by atoms with van der Waals surface area (Å²) in [6, 6.07) is 1.49. The highest BCUT2D eigenvalue weighted by atomic mass is 32.3. The van der Waals surface area contributed by atoms with Crippen LogP contribution in [0.15, 0.2) is 0 Å². The third-order valence-corrected chi connectivity index (χ3v) is 17.9. The summed E-state index contributed by atoms with van der Waals surface area (Å²) < 4.78 is 157. The van der Waals surface area contributed by atoms with E-state index in [0.29, 0.717) is 78.8 Å². The van der Waals surface area contributed by atoms with Crippen LogP contribution < -0.4 is 10.6 Å². The molecule has 1 heterocycles. The minimum absolute atomic E-state index is 0.197. The number of alkyl halides is 6. The highest BCUT2D eigenvalue weighted by molar-refractivity contribution is 8.13. The number of nitrogens with one attached hydrogen (secondary N) is 2. The number of hydrogen-bond acceptors (Lipinski definition) is 16. The fraction of sp³-hybridized carbons (Fsp3) is 0.941. The molecule has 62 heavy (non-hydrogen) atoms. The van der Waals surface area contributed by atoms with Crippen molar-refractivity contribution in [3.05, 3.63) is 4.13 Å². The third kappa shape index (κ3) is 24.1. The molecule has 0 atom stereocenters. The predicted molar refractivity (Wildman–Crippen MR) is 219 cm³/mol. The summed E-state index contributed by atoms with van der Waals surface area (Å²) in [6.45, 7) is 22.1. The van der Waals surface area contributed by atoms with Gasteiger partial charge in [0.1, 0.15) is 26.3 Å². The second-order valence-corrected chi connectivity index (χ2v) is 22.4. The summed E-state index contributed by atoms with van der Waals surface area (Å²) in [5.41, 5.74) is -12.4. The smallest absolute Gasteiger partial charge is 0.460 e. The molecule has 0 unspecified atom stereocenters. The van der Waals surface area contributed by atoms with E-state index in [0.717, 1.165) is 85.7 Å². The molecule has 0 aliphatic carbocycles. The van der Waals surface area contributed by atoms with Crippen LogP contribution in [0.5, 0.6) is 0 Å². The van der Waals surface area contributed by atoms with Crippen LogP contribution in [-0.2, 0) is 65.7 Å². The van der Waals surface area contributed by atoms with Crippen molar-refractivity contribution in [1.29, 1.82) is 0 Å². The minimum Gasteiger partial charge on any atom is -0.460 e. The Kier molecular flexibility index (Phi) is 29.9. The molecule has 0 aromatic heterocycles. The molecule has 1 aliphatic heterocycles. The zero-order chi connectivity index (χ0) is 47.4. The summed E-state index contributed by atoms with van der Waals surface area (Å²) >= 11 is 0. The number of likely N-dealkylation sites (tertiary alicyclic amines) is 1. The van der Waals surface area contributed by atoms with E-state index in [9.17, 15) is 52.8 Å². The number of ether oxygens (including phenoxy) is 2. The summed E-state index contributed by atoms with van der Waals surface area (Å²) in [5.74, 6) is -0.394. The van der Waals surface area contributed by atoms with Gasteiger partial charge in [0.15, 0.2) is 20.0 Å². The predicted octanol–water partition coefficient (Wildman–Crippen LogP) is 4.58.